The number of aryl methyl sites for hydroxylation is 1. The average Bonchev–Trinajstić information content (AvgIpc) is 3.38. The van der Waals surface area contributed by atoms with Gasteiger partial charge in [-0.2, -0.15) is 0 Å². The molecule has 136 valence electrons. The van der Waals surface area contributed by atoms with Gasteiger partial charge in [0.15, 0.2) is 0 Å². The minimum Gasteiger partial charge on any atom is -0.468 e. The summed E-state index contributed by atoms with van der Waals surface area (Å²) in [6.07, 6.45) is 4.12. The van der Waals surface area contributed by atoms with E-state index in [0.717, 1.165) is 30.1 Å². The highest BCUT2D eigenvalue weighted by Crippen LogP contribution is 2.25. The molecule has 0 saturated carbocycles. The first-order valence-corrected chi connectivity index (χ1v) is 9.31. The second-order valence-electron chi connectivity index (χ2n) is 7.01. The molecule has 2 aromatic heterocycles. The molecule has 1 amide bonds. The maximum absolute atomic E-state index is 12.6. The molecule has 1 saturated heterocycles. The van der Waals surface area contributed by atoms with Gasteiger partial charge in [0.2, 0.25) is 5.91 Å². The Balaban J connectivity index is 1.44. The van der Waals surface area contributed by atoms with E-state index < -0.39 is 0 Å². The fourth-order valence-electron chi connectivity index (χ4n) is 3.91. The molecule has 0 bridgehead atoms. The lowest BCUT2D eigenvalue weighted by atomic mass is 10.2. The molecule has 1 aliphatic heterocycles. The van der Waals surface area contributed by atoms with E-state index in [1.165, 1.54) is 18.2 Å². The molecule has 1 atom stereocenters. The third kappa shape index (κ3) is 3.40. The van der Waals surface area contributed by atoms with Crippen molar-refractivity contribution in [3.05, 3.63) is 60.2 Å². The molecular formula is C21H25N3O2. The predicted octanol–water partition coefficient (Wildman–Crippen LogP) is 3.50. The molecule has 0 radical (unpaired) electrons. The summed E-state index contributed by atoms with van der Waals surface area (Å²) < 4.78 is 7.70. The zero-order valence-corrected chi connectivity index (χ0v) is 15.1. The fraction of sp³-hybridized carbons (Fsp3) is 0.381. The molecule has 0 unspecified atom stereocenters. The molecule has 0 aliphatic carbocycles. The van der Waals surface area contributed by atoms with Crippen LogP contribution in [0.2, 0.25) is 0 Å². The topological polar surface area (TPSA) is 50.4 Å². The van der Waals surface area contributed by atoms with E-state index in [9.17, 15) is 4.79 Å². The van der Waals surface area contributed by atoms with Gasteiger partial charge < -0.3 is 14.3 Å². The van der Waals surface area contributed by atoms with Crippen LogP contribution in [-0.4, -0.2) is 35.0 Å². The summed E-state index contributed by atoms with van der Waals surface area (Å²) in [4.78, 5) is 15.0. The monoisotopic (exact) mass is 351 g/mol. The number of rotatable bonds is 6. The molecule has 4 rings (SSSR count). The van der Waals surface area contributed by atoms with Crippen molar-refractivity contribution in [1.82, 2.24) is 14.8 Å². The lowest BCUT2D eigenvalue weighted by molar-refractivity contribution is -0.121. The van der Waals surface area contributed by atoms with Crippen molar-refractivity contribution in [2.45, 2.75) is 32.4 Å². The summed E-state index contributed by atoms with van der Waals surface area (Å²) in [5.74, 6) is 0.958. The number of hydrogen-bond acceptors (Lipinski definition) is 3. The van der Waals surface area contributed by atoms with E-state index in [4.69, 9.17) is 4.42 Å². The van der Waals surface area contributed by atoms with Crippen LogP contribution >= 0.6 is 0 Å². The van der Waals surface area contributed by atoms with Crippen molar-refractivity contribution in [2.24, 2.45) is 0 Å². The second kappa shape index (κ2) is 7.38. The lowest BCUT2D eigenvalue weighted by Gasteiger charge is -2.26. The van der Waals surface area contributed by atoms with Crippen molar-refractivity contribution in [2.75, 3.05) is 19.6 Å². The summed E-state index contributed by atoms with van der Waals surface area (Å²) in [5, 5.41) is 4.29. The van der Waals surface area contributed by atoms with Gasteiger partial charge in [-0.15, -0.1) is 0 Å². The van der Waals surface area contributed by atoms with Gasteiger partial charge in [-0.3, -0.25) is 9.69 Å². The minimum atomic E-state index is 0.0326. The van der Waals surface area contributed by atoms with Crippen molar-refractivity contribution < 1.29 is 9.21 Å². The van der Waals surface area contributed by atoms with Gasteiger partial charge >= 0.3 is 0 Å². The van der Waals surface area contributed by atoms with Crippen molar-refractivity contribution in [3.63, 3.8) is 0 Å². The largest absolute Gasteiger partial charge is 0.468 e. The normalized spacial score (nSPS) is 16.2. The Bertz CT molecular complexity index is 876. The summed E-state index contributed by atoms with van der Waals surface area (Å²) in [6, 6.07) is 14.3. The number of likely N-dealkylation sites (tertiary alicyclic amines) is 1. The van der Waals surface area contributed by atoms with Crippen LogP contribution in [0.5, 0.6) is 0 Å². The predicted molar refractivity (Wildman–Crippen MR) is 102 cm³/mol. The number of nitrogens with one attached hydrogen (secondary N) is 1. The first-order chi connectivity index (χ1) is 12.7. The number of furan rings is 1. The van der Waals surface area contributed by atoms with Gasteiger partial charge in [-0.25, -0.2) is 0 Å². The molecule has 5 nitrogen and oxygen atoms in total. The maximum atomic E-state index is 12.6. The lowest BCUT2D eigenvalue weighted by Crippen LogP contribution is -2.38. The molecule has 3 heterocycles. The van der Waals surface area contributed by atoms with E-state index in [1.54, 1.807) is 6.26 Å². The molecular weight excluding hydrogens is 326 g/mol. The Morgan fingerprint density at radius 2 is 2.00 bits per heavy atom. The number of carbonyl (C=O) groups excluding carboxylic acids is 1. The van der Waals surface area contributed by atoms with E-state index in [2.05, 4.69) is 33.0 Å². The number of para-hydroxylation sites is 1. The van der Waals surface area contributed by atoms with Crippen LogP contribution in [0.4, 0.5) is 0 Å². The summed E-state index contributed by atoms with van der Waals surface area (Å²) in [6.45, 7) is 5.07. The standard InChI is InChI=1S/C21H25N3O2/c1-16-13-17-7-2-3-8-18(17)24(16)15-21(25)22-14-19(20-9-6-12-26-20)23-10-4-5-11-23/h2-3,6-9,12-13,19H,4-5,10-11,14-15H2,1H3,(H,22,25)/t19-/m0/s1. The summed E-state index contributed by atoms with van der Waals surface area (Å²) >= 11 is 0. The van der Waals surface area contributed by atoms with Crippen LogP contribution in [0.3, 0.4) is 0 Å². The fourth-order valence-corrected chi connectivity index (χ4v) is 3.91. The molecule has 0 spiro atoms. The Morgan fingerprint density at radius 3 is 2.77 bits per heavy atom. The number of amides is 1. The van der Waals surface area contributed by atoms with Crippen LogP contribution in [0, 0.1) is 6.92 Å². The van der Waals surface area contributed by atoms with E-state index in [1.807, 2.05) is 31.2 Å². The Morgan fingerprint density at radius 1 is 1.19 bits per heavy atom. The quantitative estimate of drug-likeness (QED) is 0.739. The smallest absolute Gasteiger partial charge is 0.240 e. The van der Waals surface area contributed by atoms with Gasteiger partial charge in [-0.05, 0) is 62.5 Å². The highest BCUT2D eigenvalue weighted by molar-refractivity contribution is 5.84. The first kappa shape index (κ1) is 16.9. The van der Waals surface area contributed by atoms with Gasteiger partial charge in [0.1, 0.15) is 12.3 Å². The third-order valence-electron chi connectivity index (χ3n) is 5.27. The van der Waals surface area contributed by atoms with E-state index in [-0.39, 0.29) is 11.9 Å². The molecule has 5 heteroatoms. The molecule has 1 fully saturated rings. The number of benzene rings is 1. The van der Waals surface area contributed by atoms with E-state index in [0.29, 0.717) is 13.1 Å². The molecule has 1 aliphatic rings. The van der Waals surface area contributed by atoms with Crippen LogP contribution in [-0.2, 0) is 11.3 Å². The maximum Gasteiger partial charge on any atom is 0.240 e. The van der Waals surface area contributed by atoms with Crippen LogP contribution in [0.1, 0.15) is 30.3 Å². The number of fused-ring (bicyclic) bond motifs is 1. The Kier molecular flexibility index (Phi) is 4.80. The van der Waals surface area contributed by atoms with Crippen LogP contribution in [0.25, 0.3) is 10.9 Å². The van der Waals surface area contributed by atoms with Crippen molar-refractivity contribution >= 4 is 16.8 Å². The Hall–Kier alpha value is -2.53. The van der Waals surface area contributed by atoms with Crippen molar-refractivity contribution in [3.8, 4) is 0 Å². The third-order valence-corrected chi connectivity index (χ3v) is 5.27. The second-order valence-corrected chi connectivity index (χ2v) is 7.01. The van der Waals surface area contributed by atoms with Gasteiger partial charge in [0.05, 0.1) is 12.3 Å². The highest BCUT2D eigenvalue weighted by Gasteiger charge is 2.26. The van der Waals surface area contributed by atoms with Crippen LogP contribution in [0.15, 0.2) is 53.1 Å². The molecule has 26 heavy (non-hydrogen) atoms. The number of carbonyl (C=O) groups is 1. The molecule has 1 N–H and O–H groups in total. The Labute approximate surface area is 153 Å². The molecule has 1 aromatic carbocycles. The number of aromatic nitrogens is 1. The summed E-state index contributed by atoms with van der Waals surface area (Å²) in [7, 11) is 0. The molecule has 3 aromatic rings. The summed E-state index contributed by atoms with van der Waals surface area (Å²) in [5.41, 5.74) is 2.20. The number of hydrogen-bond donors (Lipinski definition) is 1. The number of nitrogens with zero attached hydrogens (tertiary/aromatic N) is 2. The SMILES string of the molecule is Cc1cc2ccccc2n1CC(=O)NC[C@@H](c1ccco1)N1CCCC1. The highest BCUT2D eigenvalue weighted by atomic mass is 16.3. The van der Waals surface area contributed by atoms with Crippen molar-refractivity contribution in [1.29, 1.82) is 0 Å². The zero-order valence-electron chi connectivity index (χ0n) is 15.1. The van der Waals surface area contributed by atoms with Gasteiger partial charge in [0.25, 0.3) is 0 Å². The minimum absolute atomic E-state index is 0.0326. The van der Waals surface area contributed by atoms with E-state index >= 15 is 0 Å². The van der Waals surface area contributed by atoms with Crippen LogP contribution < -0.4 is 5.32 Å². The van der Waals surface area contributed by atoms with Gasteiger partial charge in [0, 0.05) is 17.8 Å². The first-order valence-electron chi connectivity index (χ1n) is 9.31. The van der Waals surface area contributed by atoms with Gasteiger partial charge in [-0.1, -0.05) is 18.2 Å². The zero-order chi connectivity index (χ0) is 17.9. The average molecular weight is 351 g/mol.